The summed E-state index contributed by atoms with van der Waals surface area (Å²) in [5.41, 5.74) is 4.27. The number of amides is 1. The Labute approximate surface area is 168 Å². The van der Waals surface area contributed by atoms with Gasteiger partial charge in [0.2, 0.25) is 24.4 Å². The summed E-state index contributed by atoms with van der Waals surface area (Å²) < 4.78 is 16.3. The molecule has 0 aliphatic carbocycles. The number of aromatic nitrogens is 2. The zero-order valence-electron chi connectivity index (χ0n) is 16.3. The molecule has 0 radical (unpaired) electrons. The maximum Gasteiger partial charge on any atom is 0.249 e. The molecule has 2 aromatic carbocycles. The van der Waals surface area contributed by atoms with Crippen LogP contribution in [0.3, 0.4) is 0 Å². The number of likely N-dealkylation sites (tertiary alicyclic amines) is 1. The quantitative estimate of drug-likeness (QED) is 0.670. The third-order valence-corrected chi connectivity index (χ3v) is 5.53. The number of carbonyl (C=O) groups is 1. The molecule has 3 heterocycles. The first-order valence-electron chi connectivity index (χ1n) is 9.68. The summed E-state index contributed by atoms with van der Waals surface area (Å²) in [7, 11) is 0. The highest BCUT2D eigenvalue weighted by Gasteiger charge is 2.36. The first kappa shape index (κ1) is 17.7. The minimum Gasteiger partial charge on any atom is -0.454 e. The van der Waals surface area contributed by atoms with E-state index in [1.807, 2.05) is 23.1 Å². The van der Waals surface area contributed by atoms with Crippen molar-refractivity contribution in [2.75, 3.05) is 6.79 Å². The fourth-order valence-corrected chi connectivity index (χ4v) is 3.87. The summed E-state index contributed by atoms with van der Waals surface area (Å²) in [5, 5.41) is 4.13. The molecule has 29 heavy (non-hydrogen) atoms. The van der Waals surface area contributed by atoms with E-state index in [1.165, 1.54) is 11.1 Å². The molecule has 1 saturated heterocycles. The zero-order chi connectivity index (χ0) is 20.0. The highest BCUT2D eigenvalue weighted by Crippen LogP contribution is 2.37. The van der Waals surface area contributed by atoms with Gasteiger partial charge in [-0.25, -0.2) is 0 Å². The van der Waals surface area contributed by atoms with Gasteiger partial charge in [-0.15, -0.1) is 0 Å². The minimum absolute atomic E-state index is 0.110. The third-order valence-electron chi connectivity index (χ3n) is 5.53. The first-order chi connectivity index (χ1) is 14.1. The van der Waals surface area contributed by atoms with Crippen molar-refractivity contribution in [1.82, 2.24) is 15.0 Å². The van der Waals surface area contributed by atoms with Crippen molar-refractivity contribution in [3.63, 3.8) is 0 Å². The summed E-state index contributed by atoms with van der Waals surface area (Å²) in [6.45, 7) is 4.88. The topological polar surface area (TPSA) is 77.7 Å². The monoisotopic (exact) mass is 391 g/mol. The van der Waals surface area contributed by atoms with Crippen LogP contribution in [0.4, 0.5) is 0 Å². The van der Waals surface area contributed by atoms with Crippen LogP contribution in [0.5, 0.6) is 11.5 Å². The van der Waals surface area contributed by atoms with Crippen molar-refractivity contribution in [3.8, 4) is 22.9 Å². The number of rotatable bonds is 4. The Morgan fingerprint density at radius 3 is 2.86 bits per heavy atom. The second-order valence-corrected chi connectivity index (χ2v) is 7.53. The van der Waals surface area contributed by atoms with Crippen LogP contribution in [0.2, 0.25) is 0 Å². The number of aryl methyl sites for hydroxylation is 2. The van der Waals surface area contributed by atoms with Crippen molar-refractivity contribution in [1.29, 1.82) is 0 Å². The van der Waals surface area contributed by atoms with E-state index in [9.17, 15) is 4.79 Å². The molecule has 1 amide bonds. The predicted octanol–water partition coefficient (Wildman–Crippen LogP) is 3.95. The smallest absolute Gasteiger partial charge is 0.249 e. The van der Waals surface area contributed by atoms with Crippen LogP contribution in [-0.4, -0.2) is 27.7 Å². The van der Waals surface area contributed by atoms with Crippen LogP contribution >= 0.6 is 0 Å². The molecule has 0 spiro atoms. The van der Waals surface area contributed by atoms with E-state index < -0.39 is 0 Å². The zero-order valence-corrected chi connectivity index (χ0v) is 16.3. The van der Waals surface area contributed by atoms with Crippen molar-refractivity contribution in [2.24, 2.45) is 0 Å². The number of nitrogens with zero attached hydrogens (tertiary/aromatic N) is 3. The molecular formula is C22H21N3O4. The Morgan fingerprint density at radius 1 is 1.10 bits per heavy atom. The van der Waals surface area contributed by atoms with Crippen molar-refractivity contribution >= 4 is 5.91 Å². The lowest BCUT2D eigenvalue weighted by atomic mass is 10.0. The lowest BCUT2D eigenvalue weighted by molar-refractivity contribution is -0.130. The second-order valence-electron chi connectivity index (χ2n) is 7.53. The van der Waals surface area contributed by atoms with E-state index >= 15 is 0 Å². The molecule has 0 bridgehead atoms. The van der Waals surface area contributed by atoms with E-state index in [2.05, 4.69) is 42.2 Å². The Balaban J connectivity index is 1.41. The van der Waals surface area contributed by atoms with Gasteiger partial charge in [0.25, 0.3) is 0 Å². The van der Waals surface area contributed by atoms with E-state index in [4.69, 9.17) is 14.0 Å². The number of benzene rings is 2. The molecule has 148 valence electrons. The molecule has 2 aliphatic rings. The third kappa shape index (κ3) is 3.22. The molecule has 7 heteroatoms. The van der Waals surface area contributed by atoms with E-state index in [0.717, 1.165) is 11.1 Å². The van der Waals surface area contributed by atoms with Gasteiger partial charge in [0.1, 0.15) is 6.04 Å². The van der Waals surface area contributed by atoms with Crippen LogP contribution < -0.4 is 9.47 Å². The molecule has 0 N–H and O–H groups in total. The number of ether oxygens (including phenoxy) is 2. The Bertz CT molecular complexity index is 1090. The van der Waals surface area contributed by atoms with Gasteiger partial charge in [0.15, 0.2) is 11.5 Å². The molecule has 2 aliphatic heterocycles. The van der Waals surface area contributed by atoms with Crippen LogP contribution in [0.1, 0.15) is 41.5 Å². The normalized spacial score (nSPS) is 17.9. The highest BCUT2D eigenvalue weighted by molar-refractivity contribution is 5.79. The van der Waals surface area contributed by atoms with Gasteiger partial charge in [0, 0.05) is 18.5 Å². The summed E-state index contributed by atoms with van der Waals surface area (Å²) in [5.74, 6) is 2.43. The Kier molecular flexibility index (Phi) is 4.23. The minimum atomic E-state index is -0.210. The van der Waals surface area contributed by atoms with Crippen LogP contribution in [-0.2, 0) is 11.3 Å². The van der Waals surface area contributed by atoms with E-state index in [-0.39, 0.29) is 18.7 Å². The van der Waals surface area contributed by atoms with Gasteiger partial charge in [-0.05, 0) is 49.6 Å². The maximum absolute atomic E-state index is 12.6. The standard InChI is InChI=1S/C22H21N3O4/c1-13-3-4-14(2)16(9-13)11-25-17(6-8-20(25)26)22-23-21(24-29-22)15-5-7-18-19(10-15)28-12-27-18/h3-5,7,9-10,17H,6,8,11-12H2,1-2H3. The van der Waals surface area contributed by atoms with Gasteiger partial charge >= 0.3 is 0 Å². The number of hydrogen-bond acceptors (Lipinski definition) is 6. The predicted molar refractivity (Wildman–Crippen MR) is 104 cm³/mol. The summed E-state index contributed by atoms with van der Waals surface area (Å²) in [6.07, 6.45) is 1.16. The molecule has 1 unspecified atom stereocenters. The van der Waals surface area contributed by atoms with Gasteiger partial charge in [-0.1, -0.05) is 28.9 Å². The lowest BCUT2D eigenvalue weighted by Crippen LogP contribution is -2.27. The molecule has 5 rings (SSSR count). The SMILES string of the molecule is Cc1ccc(C)c(CN2C(=O)CCC2c2nc(-c3ccc4c(c3)OCO4)no2)c1. The summed E-state index contributed by atoms with van der Waals surface area (Å²) in [6, 6.07) is 11.6. The Hall–Kier alpha value is -3.35. The Morgan fingerprint density at radius 2 is 1.97 bits per heavy atom. The molecular weight excluding hydrogens is 370 g/mol. The molecule has 3 aromatic rings. The molecule has 1 atom stereocenters. The highest BCUT2D eigenvalue weighted by atomic mass is 16.7. The molecule has 0 saturated carbocycles. The van der Waals surface area contributed by atoms with Crippen molar-refractivity contribution in [3.05, 3.63) is 59.0 Å². The number of carbonyl (C=O) groups excluding carboxylic acids is 1. The van der Waals surface area contributed by atoms with Crippen molar-refractivity contribution < 1.29 is 18.8 Å². The molecule has 1 aromatic heterocycles. The fourth-order valence-electron chi connectivity index (χ4n) is 3.87. The summed E-state index contributed by atoms with van der Waals surface area (Å²) in [4.78, 5) is 19.0. The fraction of sp³-hybridized carbons (Fsp3) is 0.318. The van der Waals surface area contributed by atoms with Gasteiger partial charge in [0.05, 0.1) is 0 Å². The van der Waals surface area contributed by atoms with Gasteiger partial charge < -0.3 is 18.9 Å². The average Bonchev–Trinajstić information content (AvgIpc) is 3.44. The maximum atomic E-state index is 12.6. The summed E-state index contributed by atoms with van der Waals surface area (Å²) >= 11 is 0. The van der Waals surface area contributed by atoms with Crippen LogP contribution in [0.25, 0.3) is 11.4 Å². The first-order valence-corrected chi connectivity index (χ1v) is 9.68. The van der Waals surface area contributed by atoms with Crippen molar-refractivity contribution in [2.45, 2.75) is 39.3 Å². The number of hydrogen-bond donors (Lipinski definition) is 0. The number of fused-ring (bicyclic) bond motifs is 1. The molecule has 1 fully saturated rings. The van der Waals surface area contributed by atoms with E-state index in [1.54, 1.807) is 0 Å². The molecule has 7 nitrogen and oxygen atoms in total. The van der Waals surface area contributed by atoms with E-state index in [0.29, 0.717) is 42.6 Å². The largest absolute Gasteiger partial charge is 0.454 e. The lowest BCUT2D eigenvalue weighted by Gasteiger charge is -2.23. The van der Waals surface area contributed by atoms with Gasteiger partial charge in [-0.3, -0.25) is 4.79 Å². The van der Waals surface area contributed by atoms with Crippen LogP contribution in [0.15, 0.2) is 40.9 Å². The second kappa shape index (κ2) is 6.92. The van der Waals surface area contributed by atoms with Crippen LogP contribution in [0, 0.1) is 13.8 Å². The van der Waals surface area contributed by atoms with Gasteiger partial charge in [-0.2, -0.15) is 4.98 Å². The average molecular weight is 391 g/mol.